The van der Waals surface area contributed by atoms with Crippen LogP contribution in [0.4, 0.5) is 0 Å². The molecule has 2 heteroatoms. The Morgan fingerprint density at radius 1 is 1.25 bits per heavy atom. The van der Waals surface area contributed by atoms with Crippen LogP contribution >= 0.6 is 0 Å². The van der Waals surface area contributed by atoms with Crippen LogP contribution in [0.5, 0.6) is 0 Å². The maximum absolute atomic E-state index is 5.30. The third kappa shape index (κ3) is 1.23. The molecular weight excluding hydrogens is 150 g/mol. The van der Waals surface area contributed by atoms with Crippen molar-refractivity contribution >= 4 is 0 Å². The number of nitrogens with zero attached hydrogens (tertiary/aromatic N) is 1. The van der Waals surface area contributed by atoms with Crippen LogP contribution in [0.1, 0.15) is 5.76 Å². The number of hydrogen-bond donors (Lipinski definition) is 0. The minimum absolute atomic E-state index is 0.633. The van der Waals surface area contributed by atoms with Crippen molar-refractivity contribution in [2.75, 3.05) is 0 Å². The second-order valence-corrected chi connectivity index (χ2v) is 2.55. The first kappa shape index (κ1) is 7.10. The van der Waals surface area contributed by atoms with Crippen LogP contribution < -0.4 is 0 Å². The van der Waals surface area contributed by atoms with E-state index in [2.05, 4.69) is 11.2 Å². The Morgan fingerprint density at radius 3 is 2.58 bits per heavy atom. The van der Waals surface area contributed by atoms with Gasteiger partial charge in [0.15, 0.2) is 0 Å². The van der Waals surface area contributed by atoms with E-state index >= 15 is 0 Å². The van der Waals surface area contributed by atoms with E-state index in [1.807, 2.05) is 37.3 Å². The molecule has 0 N–H and O–H groups in total. The number of benzene rings is 1. The Labute approximate surface area is 70.9 Å². The predicted molar refractivity (Wildman–Crippen MR) is 45.5 cm³/mol. The van der Waals surface area contributed by atoms with Crippen LogP contribution in [0.2, 0.25) is 0 Å². The quantitative estimate of drug-likeness (QED) is 0.596. The molecule has 1 heterocycles. The number of aryl methyl sites for hydroxylation is 1. The van der Waals surface area contributed by atoms with Gasteiger partial charge in [-0.2, -0.15) is 0 Å². The average Bonchev–Trinajstić information content (AvgIpc) is 2.54. The third-order valence-corrected chi connectivity index (χ3v) is 1.59. The highest BCUT2D eigenvalue weighted by Gasteiger charge is 1.90. The van der Waals surface area contributed by atoms with E-state index in [0.717, 1.165) is 5.56 Å². The summed E-state index contributed by atoms with van der Waals surface area (Å²) in [6.45, 7) is 1.83. The highest BCUT2D eigenvalue weighted by Crippen LogP contribution is 2.17. The Morgan fingerprint density at radius 2 is 2.00 bits per heavy atom. The van der Waals surface area contributed by atoms with E-state index in [0.29, 0.717) is 11.7 Å². The second kappa shape index (κ2) is 2.81. The summed E-state index contributed by atoms with van der Waals surface area (Å²) in [5.74, 6) is 1.35. The van der Waals surface area contributed by atoms with Crippen molar-refractivity contribution in [3.8, 4) is 11.5 Å². The van der Waals surface area contributed by atoms with Crippen LogP contribution in [0.15, 0.2) is 34.7 Å². The lowest BCUT2D eigenvalue weighted by molar-refractivity contribution is 0.542. The summed E-state index contributed by atoms with van der Waals surface area (Å²) in [7, 11) is 0. The number of aromatic nitrogens is 1. The lowest BCUT2D eigenvalue weighted by Gasteiger charge is -2.00. The molecule has 2 aromatic rings. The molecule has 1 aromatic carbocycles. The Bertz CT molecular complexity index is 364. The van der Waals surface area contributed by atoms with Gasteiger partial charge in [0, 0.05) is 5.76 Å². The molecule has 0 bridgehead atoms. The molecule has 0 atom stereocenters. The smallest absolute Gasteiger partial charge is 0.0653 e. The van der Waals surface area contributed by atoms with Crippen molar-refractivity contribution in [2.45, 2.75) is 6.92 Å². The Hall–Kier alpha value is -1.57. The van der Waals surface area contributed by atoms with Crippen LogP contribution in [-0.2, 0) is 0 Å². The van der Waals surface area contributed by atoms with Gasteiger partial charge in [-0.1, -0.05) is 30.3 Å². The molecule has 0 fully saturated rings. The molecule has 0 saturated carbocycles. The van der Waals surface area contributed by atoms with Gasteiger partial charge in [0.1, 0.15) is 0 Å². The summed E-state index contributed by atoms with van der Waals surface area (Å²) in [5, 5.41) is 0. The molecule has 2 nitrogen and oxygen atoms in total. The molecule has 0 aliphatic heterocycles. The summed E-state index contributed by atoms with van der Waals surface area (Å²) in [6, 6.07) is 9.78. The highest BCUT2D eigenvalue weighted by molar-refractivity contribution is 5.52. The maximum Gasteiger partial charge on any atom is 0.0653 e. The monoisotopic (exact) mass is 158 g/mol. The summed E-state index contributed by atoms with van der Waals surface area (Å²) >= 11 is 0. The molecule has 60 valence electrons. The predicted octanol–water partition coefficient (Wildman–Crippen LogP) is 2.45. The summed E-state index contributed by atoms with van der Waals surface area (Å²) in [4.78, 5) is 3.99. The molecule has 0 unspecified atom stereocenters. The van der Waals surface area contributed by atoms with Crippen LogP contribution in [-0.4, -0.2) is 4.98 Å². The Balaban J connectivity index is 2.45. The zero-order valence-corrected chi connectivity index (χ0v) is 6.74. The van der Waals surface area contributed by atoms with E-state index in [1.165, 1.54) is 0 Å². The number of rotatable bonds is 1. The van der Waals surface area contributed by atoms with Gasteiger partial charge < -0.3 is 9.40 Å². The first-order valence-electron chi connectivity index (χ1n) is 3.77. The van der Waals surface area contributed by atoms with Gasteiger partial charge in [-0.15, -0.1) is 6.20 Å². The Kier molecular flexibility index (Phi) is 1.67. The SMILES string of the molecule is Cc1[c-]nc(-c2ccccc2)o1. The van der Waals surface area contributed by atoms with Crippen LogP contribution in [0, 0.1) is 13.1 Å². The van der Waals surface area contributed by atoms with Gasteiger partial charge in [-0.3, -0.25) is 0 Å². The van der Waals surface area contributed by atoms with Crippen molar-refractivity contribution in [3.05, 3.63) is 42.3 Å². The molecule has 0 aliphatic carbocycles. The van der Waals surface area contributed by atoms with Gasteiger partial charge in [-0.25, -0.2) is 0 Å². The van der Waals surface area contributed by atoms with E-state index in [9.17, 15) is 0 Å². The van der Waals surface area contributed by atoms with Gasteiger partial charge in [0.05, 0.1) is 5.89 Å². The minimum atomic E-state index is 0.633. The van der Waals surface area contributed by atoms with Crippen molar-refractivity contribution in [2.24, 2.45) is 0 Å². The first-order chi connectivity index (χ1) is 5.86. The lowest BCUT2D eigenvalue weighted by atomic mass is 10.2. The van der Waals surface area contributed by atoms with E-state index < -0.39 is 0 Å². The van der Waals surface area contributed by atoms with Crippen molar-refractivity contribution in [1.29, 1.82) is 0 Å². The first-order valence-corrected chi connectivity index (χ1v) is 3.77. The standard InChI is InChI=1S/C10H8NO/c1-8-7-11-10(12-8)9-5-3-2-4-6-9/h2-6H,1H3/q-1. The number of hydrogen-bond acceptors (Lipinski definition) is 2. The zero-order chi connectivity index (χ0) is 8.39. The summed E-state index contributed by atoms with van der Waals surface area (Å²) < 4.78 is 5.30. The van der Waals surface area contributed by atoms with Crippen LogP contribution in [0.3, 0.4) is 0 Å². The fraction of sp³-hybridized carbons (Fsp3) is 0.100. The molecule has 0 amide bonds. The van der Waals surface area contributed by atoms with E-state index in [-0.39, 0.29) is 0 Å². The molecular formula is C10H8NO-. The summed E-state index contributed by atoms with van der Waals surface area (Å²) in [6.07, 6.45) is 2.75. The van der Waals surface area contributed by atoms with Crippen molar-refractivity contribution in [3.63, 3.8) is 0 Å². The molecule has 12 heavy (non-hydrogen) atoms. The minimum Gasteiger partial charge on any atom is -0.546 e. The van der Waals surface area contributed by atoms with Crippen LogP contribution in [0.25, 0.3) is 11.5 Å². The highest BCUT2D eigenvalue weighted by atomic mass is 16.4. The third-order valence-electron chi connectivity index (χ3n) is 1.59. The topological polar surface area (TPSA) is 26.0 Å². The zero-order valence-electron chi connectivity index (χ0n) is 6.74. The molecule has 0 saturated heterocycles. The lowest BCUT2D eigenvalue weighted by Crippen LogP contribution is -1.73. The van der Waals surface area contributed by atoms with Crippen molar-refractivity contribution in [1.82, 2.24) is 4.98 Å². The summed E-state index contributed by atoms with van der Waals surface area (Å²) in [5.41, 5.74) is 0.988. The maximum atomic E-state index is 5.30. The molecule has 0 aliphatic rings. The second-order valence-electron chi connectivity index (χ2n) is 2.55. The largest absolute Gasteiger partial charge is 0.546 e. The fourth-order valence-corrected chi connectivity index (χ4v) is 1.02. The average molecular weight is 158 g/mol. The fourth-order valence-electron chi connectivity index (χ4n) is 1.02. The molecule has 1 aromatic heterocycles. The van der Waals surface area contributed by atoms with Gasteiger partial charge in [0.2, 0.25) is 0 Å². The molecule has 2 rings (SSSR count). The van der Waals surface area contributed by atoms with Gasteiger partial charge in [-0.05, 0) is 12.5 Å². The van der Waals surface area contributed by atoms with E-state index in [1.54, 1.807) is 0 Å². The van der Waals surface area contributed by atoms with Gasteiger partial charge >= 0.3 is 0 Å². The normalized spacial score (nSPS) is 10.1. The molecule has 0 radical (unpaired) electrons. The molecule has 0 spiro atoms. The van der Waals surface area contributed by atoms with Gasteiger partial charge in [0.25, 0.3) is 0 Å². The number of oxazole rings is 1. The van der Waals surface area contributed by atoms with E-state index in [4.69, 9.17) is 4.42 Å². The van der Waals surface area contributed by atoms with Crippen molar-refractivity contribution < 1.29 is 4.42 Å².